The van der Waals surface area contributed by atoms with Crippen molar-refractivity contribution in [3.63, 3.8) is 0 Å². The van der Waals surface area contributed by atoms with Crippen LogP contribution < -0.4 is 10.6 Å². The SMILES string of the molecule is Cc1ccc(NC(=O)/C(=C\c2ccccc2)NC(=O)c2ccccc2I)cc1. The van der Waals surface area contributed by atoms with E-state index in [2.05, 4.69) is 33.2 Å². The quantitative estimate of drug-likeness (QED) is 0.397. The van der Waals surface area contributed by atoms with Crippen molar-refractivity contribution in [3.8, 4) is 0 Å². The molecule has 2 amide bonds. The standard InChI is InChI=1S/C23H19IN2O2/c1-16-11-13-18(14-12-16)25-23(28)21(15-17-7-3-2-4-8-17)26-22(27)19-9-5-6-10-20(19)24/h2-15H,1H3,(H,25,28)(H,26,27)/b21-15+. The summed E-state index contributed by atoms with van der Waals surface area (Å²) < 4.78 is 0.815. The lowest BCUT2D eigenvalue weighted by Gasteiger charge is -2.12. The predicted molar refractivity (Wildman–Crippen MR) is 121 cm³/mol. The van der Waals surface area contributed by atoms with E-state index < -0.39 is 0 Å². The molecule has 3 aromatic carbocycles. The Morgan fingerprint density at radius 1 is 0.857 bits per heavy atom. The van der Waals surface area contributed by atoms with E-state index in [1.165, 1.54) is 0 Å². The first-order chi connectivity index (χ1) is 13.5. The van der Waals surface area contributed by atoms with Crippen molar-refractivity contribution in [1.82, 2.24) is 5.32 Å². The summed E-state index contributed by atoms with van der Waals surface area (Å²) in [6.45, 7) is 1.98. The number of amides is 2. The number of halogens is 1. The molecule has 5 heteroatoms. The van der Waals surface area contributed by atoms with E-state index in [4.69, 9.17) is 0 Å². The van der Waals surface area contributed by atoms with Gasteiger partial charge in [0.05, 0.1) is 5.56 Å². The van der Waals surface area contributed by atoms with Crippen molar-refractivity contribution < 1.29 is 9.59 Å². The average molecular weight is 482 g/mol. The monoisotopic (exact) mass is 482 g/mol. The van der Waals surface area contributed by atoms with Gasteiger partial charge in [0.15, 0.2) is 0 Å². The summed E-state index contributed by atoms with van der Waals surface area (Å²) in [4.78, 5) is 25.6. The summed E-state index contributed by atoms with van der Waals surface area (Å²) in [6.07, 6.45) is 1.66. The van der Waals surface area contributed by atoms with Crippen LogP contribution in [-0.2, 0) is 4.79 Å². The van der Waals surface area contributed by atoms with Gasteiger partial charge in [-0.3, -0.25) is 9.59 Å². The van der Waals surface area contributed by atoms with Crippen molar-refractivity contribution in [3.05, 3.63) is 105 Å². The van der Waals surface area contributed by atoms with Crippen LogP contribution >= 0.6 is 22.6 Å². The Hall–Kier alpha value is -2.93. The van der Waals surface area contributed by atoms with Crippen molar-refractivity contribution in [1.29, 1.82) is 0 Å². The van der Waals surface area contributed by atoms with E-state index in [1.807, 2.05) is 73.7 Å². The van der Waals surface area contributed by atoms with Crippen LogP contribution in [0.2, 0.25) is 0 Å². The minimum Gasteiger partial charge on any atom is -0.321 e. The van der Waals surface area contributed by atoms with E-state index in [-0.39, 0.29) is 17.5 Å². The fourth-order valence-electron chi connectivity index (χ4n) is 2.54. The Kier molecular flexibility index (Phi) is 6.60. The van der Waals surface area contributed by atoms with Gasteiger partial charge < -0.3 is 10.6 Å². The molecule has 0 aliphatic carbocycles. The smallest absolute Gasteiger partial charge is 0.272 e. The molecule has 0 aliphatic heterocycles. The molecule has 3 aromatic rings. The molecule has 140 valence electrons. The van der Waals surface area contributed by atoms with E-state index in [9.17, 15) is 9.59 Å². The zero-order valence-electron chi connectivity index (χ0n) is 15.3. The molecule has 0 saturated carbocycles. The highest BCUT2D eigenvalue weighted by molar-refractivity contribution is 14.1. The first-order valence-electron chi connectivity index (χ1n) is 8.73. The van der Waals surface area contributed by atoms with Crippen LogP contribution in [0.1, 0.15) is 21.5 Å². The number of carbonyl (C=O) groups is 2. The molecule has 0 aromatic heterocycles. The molecule has 0 bridgehead atoms. The lowest BCUT2D eigenvalue weighted by molar-refractivity contribution is -0.113. The first kappa shape index (κ1) is 19.8. The van der Waals surface area contributed by atoms with Gasteiger partial charge in [-0.25, -0.2) is 0 Å². The Bertz CT molecular complexity index is 1010. The van der Waals surface area contributed by atoms with Crippen LogP contribution in [0.15, 0.2) is 84.6 Å². The molecular formula is C23H19IN2O2. The number of aryl methyl sites for hydroxylation is 1. The number of rotatable bonds is 5. The molecule has 28 heavy (non-hydrogen) atoms. The Morgan fingerprint density at radius 3 is 2.18 bits per heavy atom. The molecule has 0 spiro atoms. The summed E-state index contributed by atoms with van der Waals surface area (Å²) in [7, 11) is 0. The van der Waals surface area contributed by atoms with E-state index in [0.717, 1.165) is 14.7 Å². The van der Waals surface area contributed by atoms with Crippen LogP contribution in [-0.4, -0.2) is 11.8 Å². The van der Waals surface area contributed by atoms with Gasteiger partial charge in [-0.15, -0.1) is 0 Å². The van der Waals surface area contributed by atoms with Crippen molar-refractivity contribution in [2.75, 3.05) is 5.32 Å². The molecule has 2 N–H and O–H groups in total. The fraction of sp³-hybridized carbons (Fsp3) is 0.0435. The fourth-order valence-corrected chi connectivity index (χ4v) is 3.18. The van der Waals surface area contributed by atoms with Gasteiger partial charge in [0.25, 0.3) is 11.8 Å². The summed E-state index contributed by atoms with van der Waals surface area (Å²) in [5.74, 6) is -0.710. The van der Waals surface area contributed by atoms with Crippen LogP contribution in [0, 0.1) is 10.5 Å². The lowest BCUT2D eigenvalue weighted by Crippen LogP contribution is -2.31. The van der Waals surface area contributed by atoms with Crippen molar-refractivity contribution in [2.24, 2.45) is 0 Å². The number of anilines is 1. The van der Waals surface area contributed by atoms with Gasteiger partial charge in [0.1, 0.15) is 5.70 Å². The molecule has 0 fully saturated rings. The molecule has 0 unspecified atom stereocenters. The first-order valence-corrected chi connectivity index (χ1v) is 9.81. The maximum Gasteiger partial charge on any atom is 0.272 e. The molecule has 0 saturated heterocycles. The van der Waals surface area contributed by atoms with Gasteiger partial charge >= 0.3 is 0 Å². The van der Waals surface area contributed by atoms with Gasteiger partial charge in [0.2, 0.25) is 0 Å². The zero-order valence-corrected chi connectivity index (χ0v) is 17.4. The minimum absolute atomic E-state index is 0.177. The maximum absolute atomic E-state index is 12.9. The van der Waals surface area contributed by atoms with Crippen molar-refractivity contribution in [2.45, 2.75) is 6.92 Å². The zero-order chi connectivity index (χ0) is 19.9. The van der Waals surface area contributed by atoms with Gasteiger partial charge in [-0.2, -0.15) is 0 Å². The lowest BCUT2D eigenvalue weighted by atomic mass is 10.1. The molecule has 0 atom stereocenters. The highest BCUT2D eigenvalue weighted by atomic mass is 127. The number of hydrogen-bond acceptors (Lipinski definition) is 2. The third-order valence-corrected chi connectivity index (χ3v) is 4.97. The van der Waals surface area contributed by atoms with Crippen LogP contribution in [0.4, 0.5) is 5.69 Å². The highest BCUT2D eigenvalue weighted by Crippen LogP contribution is 2.14. The third-order valence-electron chi connectivity index (χ3n) is 4.03. The second kappa shape index (κ2) is 9.32. The summed E-state index contributed by atoms with van der Waals surface area (Å²) in [5, 5.41) is 5.60. The summed E-state index contributed by atoms with van der Waals surface area (Å²) in [6, 6.07) is 24.1. The Labute approximate surface area is 177 Å². The minimum atomic E-state index is -0.382. The topological polar surface area (TPSA) is 58.2 Å². The van der Waals surface area contributed by atoms with E-state index in [0.29, 0.717) is 11.3 Å². The normalized spacial score (nSPS) is 11.0. The highest BCUT2D eigenvalue weighted by Gasteiger charge is 2.16. The number of nitrogens with one attached hydrogen (secondary N) is 2. The Morgan fingerprint density at radius 2 is 1.50 bits per heavy atom. The molecule has 0 radical (unpaired) electrons. The second-order valence-corrected chi connectivity index (χ2v) is 7.39. The predicted octanol–water partition coefficient (Wildman–Crippen LogP) is 5.01. The number of benzene rings is 3. The Balaban J connectivity index is 1.87. The number of hydrogen-bond donors (Lipinski definition) is 2. The second-order valence-electron chi connectivity index (χ2n) is 6.22. The molecular weight excluding hydrogens is 463 g/mol. The molecule has 4 nitrogen and oxygen atoms in total. The average Bonchev–Trinajstić information content (AvgIpc) is 2.70. The van der Waals surface area contributed by atoms with Crippen molar-refractivity contribution >= 4 is 46.2 Å². The molecule has 3 rings (SSSR count). The summed E-state index contributed by atoms with van der Waals surface area (Å²) >= 11 is 2.10. The van der Waals surface area contributed by atoms with E-state index in [1.54, 1.807) is 18.2 Å². The third kappa shape index (κ3) is 5.29. The van der Waals surface area contributed by atoms with E-state index >= 15 is 0 Å². The largest absolute Gasteiger partial charge is 0.321 e. The van der Waals surface area contributed by atoms with Crippen LogP contribution in [0.5, 0.6) is 0 Å². The van der Waals surface area contributed by atoms with Gasteiger partial charge in [0, 0.05) is 9.26 Å². The molecule has 0 aliphatic rings. The van der Waals surface area contributed by atoms with Gasteiger partial charge in [-0.1, -0.05) is 60.2 Å². The van der Waals surface area contributed by atoms with Crippen LogP contribution in [0.3, 0.4) is 0 Å². The summed E-state index contributed by atoms with van der Waals surface area (Å²) in [5.41, 5.74) is 3.28. The molecule has 0 heterocycles. The maximum atomic E-state index is 12.9. The van der Waals surface area contributed by atoms with Crippen LogP contribution in [0.25, 0.3) is 6.08 Å². The number of carbonyl (C=O) groups excluding carboxylic acids is 2. The van der Waals surface area contributed by atoms with Gasteiger partial charge in [-0.05, 0) is 65.4 Å².